The van der Waals surface area contributed by atoms with Gasteiger partial charge in [-0.1, -0.05) is 72.4 Å². The number of thioether (sulfide) groups is 1. The smallest absolute Gasteiger partial charge is 0.340 e. The van der Waals surface area contributed by atoms with Crippen molar-refractivity contribution in [2.24, 2.45) is 0 Å². The van der Waals surface area contributed by atoms with Gasteiger partial charge in [-0.3, -0.25) is 4.79 Å². The number of oxazole rings is 1. The number of aromatic amines is 1. The molecular weight excluding hydrogens is 436 g/mol. The van der Waals surface area contributed by atoms with Crippen molar-refractivity contribution in [3.8, 4) is 22.6 Å². The van der Waals surface area contributed by atoms with Crippen LogP contribution in [0.4, 0.5) is 0 Å². The van der Waals surface area contributed by atoms with Crippen LogP contribution >= 0.6 is 11.8 Å². The maximum atomic E-state index is 12.9. The Bertz CT molecular complexity index is 1220. The summed E-state index contributed by atoms with van der Waals surface area (Å²) in [4.78, 5) is 32.9. The van der Waals surface area contributed by atoms with E-state index in [0.29, 0.717) is 33.5 Å². The number of carbonyl (C=O) groups excluding carboxylic acids is 2. The summed E-state index contributed by atoms with van der Waals surface area (Å²) in [7, 11) is 0. The topological polar surface area (TPSA) is 85.2 Å². The number of nitrogens with one attached hydrogen (secondary N) is 1. The molecule has 0 bridgehead atoms. The number of ketones is 1. The maximum Gasteiger partial charge on any atom is 0.340 e. The van der Waals surface area contributed by atoms with Gasteiger partial charge in [0, 0.05) is 16.8 Å². The predicted molar refractivity (Wildman–Crippen MR) is 129 cm³/mol. The van der Waals surface area contributed by atoms with E-state index in [1.807, 2.05) is 60.7 Å². The molecule has 1 N–H and O–H groups in total. The number of H-pyrrole nitrogens is 1. The zero-order chi connectivity index (χ0) is 23.4. The Balaban J connectivity index is 1.58. The number of nitrogens with zero attached hydrogens (tertiary/aromatic N) is 1. The second-order valence-electron chi connectivity index (χ2n) is 7.45. The van der Waals surface area contributed by atoms with Gasteiger partial charge in [-0.2, -0.15) is 0 Å². The number of rotatable bonds is 8. The largest absolute Gasteiger partial charge is 0.462 e. The molecule has 0 fully saturated rings. The molecule has 2 heterocycles. The van der Waals surface area contributed by atoms with E-state index in [2.05, 4.69) is 9.97 Å². The van der Waals surface area contributed by atoms with Gasteiger partial charge in [-0.15, -0.1) is 0 Å². The number of Topliss-reactive ketones (excluding diaryl/α,β-unsaturated/α-hetero) is 1. The molecule has 33 heavy (non-hydrogen) atoms. The van der Waals surface area contributed by atoms with Crippen molar-refractivity contribution in [1.82, 2.24) is 9.97 Å². The molecule has 0 aliphatic rings. The lowest BCUT2D eigenvalue weighted by atomic mass is 10.1. The van der Waals surface area contributed by atoms with E-state index in [9.17, 15) is 9.59 Å². The minimum atomic E-state index is -0.428. The summed E-state index contributed by atoms with van der Waals surface area (Å²) in [5, 5.41) is 0.410. The number of aryl methyl sites for hydroxylation is 1. The number of carbonyl (C=O) groups is 2. The van der Waals surface area contributed by atoms with Crippen molar-refractivity contribution in [3.63, 3.8) is 0 Å². The van der Waals surface area contributed by atoms with Gasteiger partial charge in [-0.25, -0.2) is 9.78 Å². The van der Waals surface area contributed by atoms with Crippen molar-refractivity contribution in [2.45, 2.75) is 26.0 Å². The average molecular weight is 461 g/mol. The molecule has 168 valence electrons. The number of aromatic nitrogens is 2. The molecule has 0 radical (unpaired) electrons. The van der Waals surface area contributed by atoms with Crippen LogP contribution in [0.5, 0.6) is 0 Å². The number of hydrogen-bond donors (Lipinski definition) is 1. The van der Waals surface area contributed by atoms with E-state index in [0.717, 1.165) is 16.8 Å². The van der Waals surface area contributed by atoms with Crippen molar-refractivity contribution in [1.29, 1.82) is 0 Å². The first kappa shape index (κ1) is 22.6. The van der Waals surface area contributed by atoms with Gasteiger partial charge in [-0.05, 0) is 26.3 Å². The number of ether oxygens (including phenoxy) is 1. The van der Waals surface area contributed by atoms with E-state index in [1.54, 1.807) is 20.8 Å². The molecule has 7 heteroatoms. The number of benzene rings is 2. The molecule has 0 saturated carbocycles. The minimum Gasteiger partial charge on any atom is -0.462 e. The Morgan fingerprint density at radius 3 is 2.27 bits per heavy atom. The summed E-state index contributed by atoms with van der Waals surface area (Å²) >= 11 is 1.23. The predicted octanol–water partition coefficient (Wildman–Crippen LogP) is 6.11. The SMILES string of the molecule is CCOC(=O)c1c(C)[nH]c(C(=O)CSc2nc(-c3ccccc3)c(-c3ccccc3)o2)c1C. The summed E-state index contributed by atoms with van der Waals surface area (Å²) in [5.74, 6) is 0.208. The van der Waals surface area contributed by atoms with Gasteiger partial charge < -0.3 is 14.1 Å². The third-order valence-corrected chi connectivity index (χ3v) is 6.04. The highest BCUT2D eigenvalue weighted by Gasteiger charge is 2.24. The summed E-state index contributed by atoms with van der Waals surface area (Å²) < 4.78 is 11.2. The minimum absolute atomic E-state index is 0.117. The standard InChI is InChI=1S/C26H24N2O4S/c1-4-31-25(30)21-16(2)22(27-17(21)3)20(29)15-33-26-28-23(18-11-7-5-8-12-18)24(32-26)19-13-9-6-10-14-19/h5-14,27H,4,15H2,1-3H3. The fourth-order valence-electron chi connectivity index (χ4n) is 3.68. The Morgan fingerprint density at radius 2 is 1.64 bits per heavy atom. The first-order valence-corrected chi connectivity index (χ1v) is 11.6. The lowest BCUT2D eigenvalue weighted by Gasteiger charge is -2.02. The van der Waals surface area contributed by atoms with E-state index in [1.165, 1.54) is 11.8 Å². The van der Waals surface area contributed by atoms with Crippen LogP contribution in [0, 0.1) is 13.8 Å². The molecule has 0 aliphatic carbocycles. The van der Waals surface area contributed by atoms with Crippen LogP contribution in [0.3, 0.4) is 0 Å². The lowest BCUT2D eigenvalue weighted by molar-refractivity contribution is 0.0525. The fourth-order valence-corrected chi connectivity index (χ4v) is 4.37. The molecule has 0 aliphatic heterocycles. The van der Waals surface area contributed by atoms with Crippen molar-refractivity contribution in [2.75, 3.05) is 12.4 Å². The molecule has 0 atom stereocenters. The molecule has 0 amide bonds. The first-order chi connectivity index (χ1) is 16.0. The van der Waals surface area contributed by atoms with Gasteiger partial charge in [0.2, 0.25) is 0 Å². The number of hydrogen-bond acceptors (Lipinski definition) is 6. The Morgan fingerprint density at radius 1 is 1.00 bits per heavy atom. The molecule has 0 saturated heterocycles. The monoisotopic (exact) mass is 460 g/mol. The van der Waals surface area contributed by atoms with Crippen LogP contribution in [0.1, 0.15) is 39.0 Å². The zero-order valence-corrected chi connectivity index (χ0v) is 19.5. The van der Waals surface area contributed by atoms with Crippen LogP contribution in [0.2, 0.25) is 0 Å². The Hall–Kier alpha value is -3.58. The normalized spacial score (nSPS) is 10.9. The summed E-state index contributed by atoms with van der Waals surface area (Å²) in [6.07, 6.45) is 0. The highest BCUT2D eigenvalue weighted by molar-refractivity contribution is 7.99. The second kappa shape index (κ2) is 9.92. The maximum absolute atomic E-state index is 12.9. The lowest BCUT2D eigenvalue weighted by Crippen LogP contribution is -2.08. The molecule has 2 aromatic heterocycles. The quantitative estimate of drug-likeness (QED) is 0.194. The van der Waals surface area contributed by atoms with Gasteiger partial charge in [0.05, 0.1) is 23.6 Å². The molecular formula is C26H24N2O4S. The zero-order valence-electron chi connectivity index (χ0n) is 18.7. The molecule has 2 aromatic carbocycles. The van der Waals surface area contributed by atoms with E-state index < -0.39 is 5.97 Å². The van der Waals surface area contributed by atoms with Crippen molar-refractivity contribution in [3.05, 3.63) is 83.2 Å². The number of esters is 1. The Labute approximate surface area is 196 Å². The molecule has 4 aromatic rings. The van der Waals surface area contributed by atoms with Crippen LogP contribution < -0.4 is 0 Å². The first-order valence-electron chi connectivity index (χ1n) is 10.6. The summed E-state index contributed by atoms with van der Waals surface area (Å²) in [6, 6.07) is 19.6. The van der Waals surface area contributed by atoms with Crippen LogP contribution in [0.25, 0.3) is 22.6 Å². The third-order valence-electron chi connectivity index (χ3n) is 5.21. The molecule has 0 unspecified atom stereocenters. The van der Waals surface area contributed by atoms with Gasteiger partial charge in [0.1, 0.15) is 5.69 Å². The van der Waals surface area contributed by atoms with Gasteiger partial charge >= 0.3 is 5.97 Å². The second-order valence-corrected chi connectivity index (χ2v) is 8.37. The van der Waals surface area contributed by atoms with Crippen LogP contribution in [-0.4, -0.2) is 34.1 Å². The highest BCUT2D eigenvalue weighted by atomic mass is 32.2. The Kier molecular flexibility index (Phi) is 6.79. The fraction of sp³-hybridized carbons (Fsp3) is 0.192. The third kappa shape index (κ3) is 4.78. The van der Waals surface area contributed by atoms with E-state index in [4.69, 9.17) is 9.15 Å². The average Bonchev–Trinajstić information content (AvgIpc) is 3.39. The highest BCUT2D eigenvalue weighted by Crippen LogP contribution is 2.35. The van der Waals surface area contributed by atoms with Gasteiger partial charge in [0.15, 0.2) is 11.5 Å². The van der Waals surface area contributed by atoms with Crippen LogP contribution in [-0.2, 0) is 4.74 Å². The van der Waals surface area contributed by atoms with E-state index >= 15 is 0 Å². The summed E-state index contributed by atoms with van der Waals surface area (Å²) in [6.45, 7) is 5.54. The summed E-state index contributed by atoms with van der Waals surface area (Å²) in [5.41, 5.74) is 4.62. The van der Waals surface area contributed by atoms with E-state index in [-0.39, 0.29) is 18.1 Å². The van der Waals surface area contributed by atoms with Crippen molar-refractivity contribution < 1.29 is 18.7 Å². The molecule has 6 nitrogen and oxygen atoms in total. The van der Waals surface area contributed by atoms with Gasteiger partial charge in [0.25, 0.3) is 5.22 Å². The molecule has 0 spiro atoms. The van der Waals surface area contributed by atoms with Crippen LogP contribution in [0.15, 0.2) is 70.3 Å². The van der Waals surface area contributed by atoms with Crippen molar-refractivity contribution >= 4 is 23.5 Å². The molecule has 4 rings (SSSR count).